The quantitative estimate of drug-likeness (QED) is 0.651. The van der Waals surface area contributed by atoms with Crippen LogP contribution >= 0.6 is 11.3 Å². The zero-order valence-electron chi connectivity index (χ0n) is 15.9. The topological polar surface area (TPSA) is 49.6 Å². The summed E-state index contributed by atoms with van der Waals surface area (Å²) in [6.45, 7) is 5.36. The van der Waals surface area contributed by atoms with E-state index in [1.165, 1.54) is 27.4 Å². The van der Waals surface area contributed by atoms with Crippen molar-refractivity contribution < 1.29 is 4.79 Å². The van der Waals surface area contributed by atoms with Gasteiger partial charge in [0.25, 0.3) is 0 Å². The highest BCUT2D eigenvalue weighted by molar-refractivity contribution is 7.20. The van der Waals surface area contributed by atoms with Gasteiger partial charge in [-0.2, -0.15) is 0 Å². The predicted molar refractivity (Wildman–Crippen MR) is 119 cm³/mol. The smallest absolute Gasteiger partial charge is 0.241 e. The Morgan fingerprint density at radius 1 is 1.04 bits per heavy atom. The fourth-order valence-electron chi connectivity index (χ4n) is 3.73. The molecule has 28 heavy (non-hydrogen) atoms. The van der Waals surface area contributed by atoms with Crippen LogP contribution in [0, 0.1) is 0 Å². The van der Waals surface area contributed by atoms with E-state index in [2.05, 4.69) is 64.4 Å². The van der Waals surface area contributed by atoms with E-state index in [0.29, 0.717) is 0 Å². The highest BCUT2D eigenvalue weighted by Crippen LogP contribution is 2.34. The van der Waals surface area contributed by atoms with Crippen LogP contribution in [0.4, 0.5) is 5.69 Å². The van der Waals surface area contributed by atoms with Crippen LogP contribution in [-0.4, -0.2) is 43.5 Å². The molecule has 0 spiro atoms. The first kappa shape index (κ1) is 18.7. The van der Waals surface area contributed by atoms with E-state index in [1.807, 2.05) is 0 Å². The van der Waals surface area contributed by atoms with Gasteiger partial charge in [0.05, 0.1) is 0 Å². The minimum Gasteiger partial charge on any atom is -0.368 e. The van der Waals surface area contributed by atoms with Crippen molar-refractivity contribution in [2.45, 2.75) is 6.42 Å². The second-order valence-corrected chi connectivity index (χ2v) is 8.25. The van der Waals surface area contributed by atoms with Crippen molar-refractivity contribution in [3.05, 3.63) is 71.1 Å². The van der Waals surface area contributed by atoms with Crippen molar-refractivity contribution in [3.63, 3.8) is 0 Å². The number of carbonyl (C=O) groups is 1. The summed E-state index contributed by atoms with van der Waals surface area (Å²) in [6.07, 6.45) is 4.34. The molecule has 1 fully saturated rings. The Hall–Kier alpha value is -2.63. The zero-order chi connectivity index (χ0) is 19.3. The maximum atomic E-state index is 11.0. The second kappa shape index (κ2) is 8.59. The van der Waals surface area contributed by atoms with Gasteiger partial charge >= 0.3 is 0 Å². The first-order valence-electron chi connectivity index (χ1n) is 9.70. The van der Waals surface area contributed by atoms with Gasteiger partial charge in [-0.3, -0.25) is 9.69 Å². The van der Waals surface area contributed by atoms with E-state index in [9.17, 15) is 4.79 Å². The maximum absolute atomic E-state index is 11.0. The lowest BCUT2D eigenvalue weighted by Gasteiger charge is -2.36. The van der Waals surface area contributed by atoms with Gasteiger partial charge in [0, 0.05) is 59.5 Å². The molecule has 3 aromatic rings. The van der Waals surface area contributed by atoms with Gasteiger partial charge in [-0.05, 0) is 36.3 Å². The third kappa shape index (κ3) is 4.43. The zero-order valence-corrected chi connectivity index (χ0v) is 16.7. The first-order chi connectivity index (χ1) is 13.7. The average Bonchev–Trinajstić information content (AvgIpc) is 3.15. The molecule has 1 amide bonds. The monoisotopic (exact) mass is 391 g/mol. The predicted octanol–water partition coefficient (Wildman–Crippen LogP) is 3.76. The Bertz CT molecular complexity index is 972. The summed E-state index contributed by atoms with van der Waals surface area (Å²) in [5.41, 5.74) is 7.92. The lowest BCUT2D eigenvalue weighted by molar-refractivity contribution is -0.113. The fourth-order valence-corrected chi connectivity index (χ4v) is 4.72. The minimum atomic E-state index is -0.413. The fraction of sp³-hybridized carbons (Fsp3) is 0.261. The molecule has 0 saturated carbocycles. The number of anilines is 1. The molecule has 1 aromatic heterocycles. The number of piperazine rings is 1. The molecule has 0 radical (unpaired) electrons. The van der Waals surface area contributed by atoms with E-state index < -0.39 is 5.91 Å². The van der Waals surface area contributed by atoms with Crippen molar-refractivity contribution in [2.75, 3.05) is 37.6 Å². The molecule has 1 saturated heterocycles. The number of nitrogens with two attached hydrogens (primary N) is 1. The highest BCUT2D eigenvalue weighted by atomic mass is 32.1. The molecule has 2 aromatic carbocycles. The van der Waals surface area contributed by atoms with Gasteiger partial charge < -0.3 is 10.6 Å². The number of amides is 1. The largest absolute Gasteiger partial charge is 0.368 e. The Kier molecular flexibility index (Phi) is 5.74. The van der Waals surface area contributed by atoms with Crippen LogP contribution in [0.1, 0.15) is 10.4 Å². The van der Waals surface area contributed by atoms with E-state index in [4.69, 9.17) is 5.73 Å². The van der Waals surface area contributed by atoms with Crippen LogP contribution in [0.2, 0.25) is 0 Å². The molecule has 4 nitrogen and oxygen atoms in total. The molecule has 144 valence electrons. The maximum Gasteiger partial charge on any atom is 0.241 e. The van der Waals surface area contributed by atoms with E-state index in [-0.39, 0.29) is 0 Å². The number of thiophene rings is 1. The summed E-state index contributed by atoms with van der Waals surface area (Å²) >= 11 is 1.69. The van der Waals surface area contributed by atoms with Crippen LogP contribution in [0.15, 0.2) is 60.7 Å². The van der Waals surface area contributed by atoms with Crippen LogP contribution in [0.3, 0.4) is 0 Å². The number of nitrogens with zero attached hydrogens (tertiary/aromatic N) is 2. The summed E-state index contributed by atoms with van der Waals surface area (Å²) in [4.78, 5) is 17.1. The van der Waals surface area contributed by atoms with E-state index in [0.717, 1.165) is 44.0 Å². The molecule has 5 heteroatoms. The van der Waals surface area contributed by atoms with Crippen molar-refractivity contribution in [3.8, 4) is 0 Å². The summed E-state index contributed by atoms with van der Waals surface area (Å²) in [7, 11) is 0. The summed E-state index contributed by atoms with van der Waals surface area (Å²) in [5, 5.41) is 1.26. The average molecular weight is 392 g/mol. The minimum absolute atomic E-state index is 0.413. The lowest BCUT2D eigenvalue weighted by Crippen LogP contribution is -2.47. The number of rotatable bonds is 6. The normalized spacial score (nSPS) is 15.5. The number of carbonyl (C=O) groups excluding carboxylic acids is 1. The van der Waals surface area contributed by atoms with Crippen LogP contribution in [0.5, 0.6) is 0 Å². The Balaban J connectivity index is 1.41. The number of fused-ring (bicyclic) bond motifs is 1. The van der Waals surface area contributed by atoms with Crippen molar-refractivity contribution in [1.82, 2.24) is 4.90 Å². The van der Waals surface area contributed by atoms with Gasteiger partial charge in [-0.25, -0.2) is 0 Å². The molecule has 0 unspecified atom stereocenters. The molecule has 0 aliphatic carbocycles. The van der Waals surface area contributed by atoms with Crippen molar-refractivity contribution in [1.29, 1.82) is 0 Å². The molecule has 2 N–H and O–H groups in total. The molecule has 0 bridgehead atoms. The highest BCUT2D eigenvalue weighted by Gasteiger charge is 2.19. The first-order valence-corrected chi connectivity index (χ1v) is 10.5. The van der Waals surface area contributed by atoms with Gasteiger partial charge in [0.15, 0.2) is 0 Å². The van der Waals surface area contributed by atoms with Gasteiger partial charge in [-0.1, -0.05) is 36.4 Å². The molecule has 0 atom stereocenters. The van der Waals surface area contributed by atoms with Crippen LogP contribution in [-0.2, 0) is 11.2 Å². The second-order valence-electron chi connectivity index (χ2n) is 7.14. The molecule has 1 aliphatic heterocycles. The number of benzene rings is 2. The molecule has 1 aliphatic rings. The van der Waals surface area contributed by atoms with Crippen LogP contribution in [0.25, 0.3) is 16.2 Å². The van der Waals surface area contributed by atoms with E-state index >= 15 is 0 Å². The Labute approximate surface area is 169 Å². The molecular weight excluding hydrogens is 366 g/mol. The van der Waals surface area contributed by atoms with Gasteiger partial charge in [0.2, 0.25) is 5.91 Å². The summed E-state index contributed by atoms with van der Waals surface area (Å²) in [6, 6.07) is 19.3. The van der Waals surface area contributed by atoms with Crippen molar-refractivity contribution in [2.24, 2.45) is 5.73 Å². The van der Waals surface area contributed by atoms with Gasteiger partial charge in [0.1, 0.15) is 0 Å². The Morgan fingerprint density at radius 3 is 2.57 bits per heavy atom. The third-order valence-electron chi connectivity index (χ3n) is 5.24. The summed E-state index contributed by atoms with van der Waals surface area (Å²) in [5.74, 6) is -0.413. The van der Waals surface area contributed by atoms with E-state index in [1.54, 1.807) is 17.4 Å². The lowest BCUT2D eigenvalue weighted by atomic mass is 10.1. The molecular formula is C23H25N3OS. The van der Waals surface area contributed by atoms with Crippen molar-refractivity contribution >= 4 is 39.1 Å². The molecule has 4 rings (SSSR count). The Morgan fingerprint density at radius 2 is 1.82 bits per heavy atom. The standard InChI is InChI=1S/C23H25N3OS/c24-23(27)10-9-19-17-20-21(7-4-8-22(20)28-19)26-15-13-25(14-16-26)12-11-18-5-2-1-3-6-18/h1-10,17H,11-16H2,(H2,24,27)/b10-9+. The molecule has 2 heterocycles. The number of hydrogen-bond donors (Lipinski definition) is 1. The third-order valence-corrected chi connectivity index (χ3v) is 6.31. The van der Waals surface area contributed by atoms with Crippen LogP contribution < -0.4 is 10.6 Å². The SMILES string of the molecule is NC(=O)/C=C/c1cc2c(N3CCN(CCc4ccccc4)CC3)cccc2s1. The number of primary amides is 1. The number of hydrogen-bond acceptors (Lipinski definition) is 4. The summed E-state index contributed by atoms with van der Waals surface area (Å²) < 4.78 is 1.24. The van der Waals surface area contributed by atoms with Gasteiger partial charge in [-0.15, -0.1) is 11.3 Å².